The van der Waals surface area contributed by atoms with Gasteiger partial charge in [-0.05, 0) is 31.0 Å². The molecule has 0 radical (unpaired) electrons. The second-order valence-corrected chi connectivity index (χ2v) is 7.88. The molecule has 2 aromatic heterocycles. The standard InChI is InChI=1S/C16H12Cl2N4OS/c17-12-7-11(13(18)24-12)16(23)19-10-3-1-2-9(6-10)15-20-14(21-22-15)8-4-5-8/h1-3,6-8H,4-5H2,(H,19,23)(H,20,21,22). The molecule has 0 atom stereocenters. The summed E-state index contributed by atoms with van der Waals surface area (Å²) in [7, 11) is 0. The summed E-state index contributed by atoms with van der Waals surface area (Å²) < 4.78 is 0.851. The molecule has 1 aromatic carbocycles. The summed E-state index contributed by atoms with van der Waals surface area (Å²) in [5, 5.41) is 10.1. The summed E-state index contributed by atoms with van der Waals surface area (Å²) in [6, 6.07) is 8.95. The number of nitrogens with one attached hydrogen (secondary N) is 2. The number of H-pyrrole nitrogens is 1. The molecule has 5 nitrogen and oxygen atoms in total. The third-order valence-corrected chi connectivity index (χ3v) is 5.23. The van der Waals surface area contributed by atoms with Crippen molar-refractivity contribution in [3.8, 4) is 11.4 Å². The van der Waals surface area contributed by atoms with Crippen LogP contribution in [-0.2, 0) is 0 Å². The molecule has 0 bridgehead atoms. The van der Waals surface area contributed by atoms with E-state index in [1.54, 1.807) is 12.1 Å². The maximum atomic E-state index is 12.3. The van der Waals surface area contributed by atoms with Gasteiger partial charge in [0.2, 0.25) is 0 Å². The first-order chi connectivity index (χ1) is 11.6. The zero-order valence-electron chi connectivity index (χ0n) is 12.3. The highest BCUT2D eigenvalue weighted by molar-refractivity contribution is 7.20. The van der Waals surface area contributed by atoms with Crippen LogP contribution in [0, 0.1) is 0 Å². The molecule has 0 saturated heterocycles. The number of amides is 1. The maximum Gasteiger partial charge on any atom is 0.258 e. The molecule has 1 aliphatic carbocycles. The molecule has 2 N–H and O–H groups in total. The van der Waals surface area contributed by atoms with Crippen LogP contribution in [0.15, 0.2) is 30.3 Å². The first kappa shape index (κ1) is 15.6. The maximum absolute atomic E-state index is 12.3. The Hall–Kier alpha value is -1.89. The van der Waals surface area contributed by atoms with Crippen LogP contribution in [0.2, 0.25) is 8.67 Å². The van der Waals surface area contributed by atoms with Gasteiger partial charge in [-0.2, -0.15) is 5.10 Å². The number of hydrogen-bond acceptors (Lipinski definition) is 4. The Labute approximate surface area is 152 Å². The minimum atomic E-state index is -0.297. The molecule has 1 amide bonds. The van der Waals surface area contributed by atoms with Crippen LogP contribution in [0.1, 0.15) is 34.9 Å². The fourth-order valence-corrected chi connectivity index (χ4v) is 3.83. The minimum absolute atomic E-state index is 0.297. The van der Waals surface area contributed by atoms with Gasteiger partial charge in [-0.25, -0.2) is 4.98 Å². The van der Waals surface area contributed by atoms with E-state index in [1.807, 2.05) is 18.2 Å². The van der Waals surface area contributed by atoms with Crippen LogP contribution in [0.3, 0.4) is 0 Å². The SMILES string of the molecule is O=C(Nc1cccc(-c2n[nH]c(C3CC3)n2)c1)c1cc(Cl)sc1Cl. The lowest BCUT2D eigenvalue weighted by Gasteiger charge is -2.05. The number of aromatic amines is 1. The third kappa shape index (κ3) is 3.17. The molecule has 1 fully saturated rings. The quantitative estimate of drug-likeness (QED) is 0.672. The molecule has 3 aromatic rings. The first-order valence-electron chi connectivity index (χ1n) is 7.39. The highest BCUT2D eigenvalue weighted by Crippen LogP contribution is 2.38. The summed E-state index contributed by atoms with van der Waals surface area (Å²) in [4.78, 5) is 16.8. The van der Waals surface area contributed by atoms with Crippen LogP contribution in [0.5, 0.6) is 0 Å². The third-order valence-electron chi connectivity index (χ3n) is 3.75. The van der Waals surface area contributed by atoms with Crippen LogP contribution in [-0.4, -0.2) is 21.1 Å². The average Bonchev–Trinajstić information content (AvgIpc) is 3.18. The lowest BCUT2D eigenvalue weighted by Crippen LogP contribution is -2.11. The van der Waals surface area contributed by atoms with Gasteiger partial charge in [0, 0.05) is 17.2 Å². The van der Waals surface area contributed by atoms with Crippen molar-refractivity contribution in [3.63, 3.8) is 0 Å². The van der Waals surface area contributed by atoms with Crippen molar-refractivity contribution in [2.45, 2.75) is 18.8 Å². The van der Waals surface area contributed by atoms with Gasteiger partial charge in [-0.15, -0.1) is 11.3 Å². The number of anilines is 1. The number of carbonyl (C=O) groups is 1. The predicted molar refractivity (Wildman–Crippen MR) is 96.1 cm³/mol. The van der Waals surface area contributed by atoms with E-state index in [9.17, 15) is 4.79 Å². The van der Waals surface area contributed by atoms with Gasteiger partial charge in [0.05, 0.1) is 9.90 Å². The number of nitrogens with zero attached hydrogens (tertiary/aromatic N) is 2. The van der Waals surface area contributed by atoms with Crippen molar-refractivity contribution >= 4 is 46.1 Å². The van der Waals surface area contributed by atoms with Crippen molar-refractivity contribution < 1.29 is 4.79 Å². The minimum Gasteiger partial charge on any atom is -0.322 e. The largest absolute Gasteiger partial charge is 0.322 e. The molecule has 0 spiro atoms. The molecule has 8 heteroatoms. The predicted octanol–water partition coefficient (Wildman–Crippen LogP) is 4.97. The van der Waals surface area contributed by atoms with Crippen LogP contribution < -0.4 is 5.32 Å². The molecule has 1 saturated carbocycles. The number of hydrogen-bond donors (Lipinski definition) is 2. The van der Waals surface area contributed by atoms with Crippen LogP contribution >= 0.6 is 34.5 Å². The Morgan fingerprint density at radius 3 is 2.83 bits per heavy atom. The lowest BCUT2D eigenvalue weighted by atomic mass is 10.2. The Kier molecular flexibility index (Phi) is 4.04. The van der Waals surface area contributed by atoms with Gasteiger partial charge in [-0.1, -0.05) is 35.3 Å². The topological polar surface area (TPSA) is 70.7 Å². The summed E-state index contributed by atoms with van der Waals surface area (Å²) in [5.74, 6) is 1.78. The molecule has 2 heterocycles. The Bertz CT molecular complexity index is 916. The van der Waals surface area contributed by atoms with Gasteiger partial charge < -0.3 is 5.32 Å². The van der Waals surface area contributed by atoms with E-state index in [-0.39, 0.29) is 5.91 Å². The molecule has 0 aliphatic heterocycles. The van der Waals surface area contributed by atoms with Crippen LogP contribution in [0.4, 0.5) is 5.69 Å². The monoisotopic (exact) mass is 378 g/mol. The zero-order valence-corrected chi connectivity index (χ0v) is 14.7. The highest BCUT2D eigenvalue weighted by Gasteiger charge is 2.27. The fourth-order valence-electron chi connectivity index (χ4n) is 2.37. The first-order valence-corrected chi connectivity index (χ1v) is 8.96. The van der Waals surface area contributed by atoms with Crippen LogP contribution in [0.25, 0.3) is 11.4 Å². The van der Waals surface area contributed by atoms with E-state index in [4.69, 9.17) is 23.2 Å². The molecular weight excluding hydrogens is 367 g/mol. The Balaban J connectivity index is 1.55. The number of thiophene rings is 1. The van der Waals surface area contributed by atoms with Gasteiger partial charge in [0.25, 0.3) is 5.91 Å². The van der Waals surface area contributed by atoms with E-state index in [0.29, 0.717) is 31.7 Å². The van der Waals surface area contributed by atoms with Gasteiger partial charge >= 0.3 is 0 Å². The number of aromatic nitrogens is 3. The summed E-state index contributed by atoms with van der Waals surface area (Å²) in [6.07, 6.45) is 2.32. The molecule has 24 heavy (non-hydrogen) atoms. The smallest absolute Gasteiger partial charge is 0.258 e. The Morgan fingerprint density at radius 1 is 1.29 bits per heavy atom. The number of halogens is 2. The summed E-state index contributed by atoms with van der Waals surface area (Å²) >= 11 is 13.1. The fraction of sp³-hybridized carbons (Fsp3) is 0.188. The molecule has 4 rings (SSSR count). The Morgan fingerprint density at radius 2 is 2.12 bits per heavy atom. The van der Waals surface area contributed by atoms with E-state index in [2.05, 4.69) is 20.5 Å². The summed E-state index contributed by atoms with van der Waals surface area (Å²) in [6.45, 7) is 0. The van der Waals surface area contributed by atoms with E-state index < -0.39 is 0 Å². The zero-order chi connectivity index (χ0) is 16.7. The number of carbonyl (C=O) groups excluding carboxylic acids is 1. The van der Waals surface area contributed by atoms with Gasteiger partial charge in [0.15, 0.2) is 5.82 Å². The normalized spacial score (nSPS) is 13.9. The van der Waals surface area contributed by atoms with Gasteiger partial charge in [-0.3, -0.25) is 9.89 Å². The van der Waals surface area contributed by atoms with Gasteiger partial charge in [0.1, 0.15) is 10.2 Å². The second kappa shape index (κ2) is 6.20. The van der Waals surface area contributed by atoms with Crippen molar-refractivity contribution in [2.75, 3.05) is 5.32 Å². The second-order valence-electron chi connectivity index (χ2n) is 5.59. The number of rotatable bonds is 4. The lowest BCUT2D eigenvalue weighted by molar-refractivity contribution is 0.102. The molecule has 1 aliphatic rings. The van der Waals surface area contributed by atoms with E-state index >= 15 is 0 Å². The average molecular weight is 379 g/mol. The van der Waals surface area contributed by atoms with Crippen molar-refractivity contribution in [1.82, 2.24) is 15.2 Å². The molecule has 122 valence electrons. The van der Waals surface area contributed by atoms with Crippen molar-refractivity contribution in [3.05, 3.63) is 50.4 Å². The van der Waals surface area contributed by atoms with E-state index in [0.717, 1.165) is 24.2 Å². The molecular formula is C16H12Cl2N4OS. The van der Waals surface area contributed by atoms with Crippen molar-refractivity contribution in [1.29, 1.82) is 0 Å². The van der Waals surface area contributed by atoms with E-state index in [1.165, 1.54) is 11.3 Å². The van der Waals surface area contributed by atoms with Crippen molar-refractivity contribution in [2.24, 2.45) is 0 Å². The summed E-state index contributed by atoms with van der Waals surface area (Å²) in [5.41, 5.74) is 1.85. The highest BCUT2D eigenvalue weighted by atomic mass is 35.5. The number of benzene rings is 1. The molecule has 0 unspecified atom stereocenters.